The lowest BCUT2D eigenvalue weighted by Gasteiger charge is -2.10. The fourth-order valence-electron chi connectivity index (χ4n) is 1.69. The lowest BCUT2D eigenvalue weighted by atomic mass is 10.4. The predicted octanol–water partition coefficient (Wildman–Crippen LogP) is 1.83. The van der Waals surface area contributed by atoms with E-state index >= 15 is 0 Å². The maximum absolute atomic E-state index is 4.42. The van der Waals surface area contributed by atoms with Gasteiger partial charge in [0.05, 0.1) is 17.2 Å². The molecule has 0 aromatic carbocycles. The number of hydrogen-bond acceptors (Lipinski definition) is 3. The Labute approximate surface area is 107 Å². The predicted molar refractivity (Wildman–Crippen MR) is 72.5 cm³/mol. The van der Waals surface area contributed by atoms with Crippen molar-refractivity contribution < 1.29 is 0 Å². The molecule has 2 rings (SSSR count). The molecule has 0 aliphatic heterocycles. The van der Waals surface area contributed by atoms with Gasteiger partial charge in [0, 0.05) is 18.5 Å². The van der Waals surface area contributed by atoms with E-state index in [-0.39, 0.29) is 0 Å². The van der Waals surface area contributed by atoms with Crippen LogP contribution >= 0.6 is 11.3 Å². The molecule has 2 N–H and O–H groups in total. The SMILES string of the molecule is CN=C(NCc1sc(C)nc1C)NCC1CC1. The summed E-state index contributed by atoms with van der Waals surface area (Å²) in [6.45, 7) is 5.95. The van der Waals surface area contributed by atoms with Crippen LogP contribution in [0.5, 0.6) is 0 Å². The molecule has 0 bridgehead atoms. The summed E-state index contributed by atoms with van der Waals surface area (Å²) < 4.78 is 0. The summed E-state index contributed by atoms with van der Waals surface area (Å²) in [5.74, 6) is 1.75. The van der Waals surface area contributed by atoms with Crippen molar-refractivity contribution in [2.24, 2.45) is 10.9 Å². The molecule has 1 aliphatic carbocycles. The molecule has 17 heavy (non-hydrogen) atoms. The van der Waals surface area contributed by atoms with E-state index in [4.69, 9.17) is 0 Å². The molecule has 0 spiro atoms. The molecule has 1 aromatic heterocycles. The van der Waals surface area contributed by atoms with E-state index in [9.17, 15) is 0 Å². The van der Waals surface area contributed by atoms with E-state index in [1.807, 2.05) is 14.0 Å². The summed E-state index contributed by atoms with van der Waals surface area (Å²) in [5, 5.41) is 7.81. The Balaban J connectivity index is 1.80. The van der Waals surface area contributed by atoms with Crippen LogP contribution in [0.1, 0.15) is 28.4 Å². The minimum atomic E-state index is 0.807. The topological polar surface area (TPSA) is 49.3 Å². The molecule has 0 amide bonds. The zero-order valence-corrected chi connectivity index (χ0v) is 11.5. The minimum absolute atomic E-state index is 0.807. The van der Waals surface area contributed by atoms with Crippen molar-refractivity contribution in [3.05, 3.63) is 15.6 Å². The van der Waals surface area contributed by atoms with Gasteiger partial charge in [-0.1, -0.05) is 0 Å². The molecule has 1 saturated carbocycles. The Hall–Kier alpha value is -1.10. The molecule has 0 saturated heterocycles. The third kappa shape index (κ3) is 3.70. The molecule has 1 heterocycles. The molecule has 0 unspecified atom stereocenters. The highest BCUT2D eigenvalue weighted by atomic mass is 32.1. The largest absolute Gasteiger partial charge is 0.356 e. The number of aryl methyl sites for hydroxylation is 2. The minimum Gasteiger partial charge on any atom is -0.356 e. The van der Waals surface area contributed by atoms with Crippen molar-refractivity contribution >= 4 is 17.3 Å². The Kier molecular flexibility index (Phi) is 3.99. The molecule has 0 atom stereocenters. The summed E-state index contributed by atoms with van der Waals surface area (Å²) in [7, 11) is 1.81. The van der Waals surface area contributed by atoms with E-state index in [0.29, 0.717) is 0 Å². The quantitative estimate of drug-likeness (QED) is 0.635. The van der Waals surface area contributed by atoms with Gasteiger partial charge in [0.2, 0.25) is 0 Å². The second-order valence-electron chi connectivity index (χ2n) is 4.49. The third-order valence-electron chi connectivity index (χ3n) is 2.89. The Morgan fingerprint density at radius 2 is 2.18 bits per heavy atom. The van der Waals surface area contributed by atoms with Crippen molar-refractivity contribution in [1.82, 2.24) is 15.6 Å². The van der Waals surface area contributed by atoms with E-state index in [1.165, 1.54) is 17.7 Å². The van der Waals surface area contributed by atoms with Crippen molar-refractivity contribution in [2.45, 2.75) is 33.2 Å². The van der Waals surface area contributed by atoms with Crippen LogP contribution in [0.4, 0.5) is 0 Å². The summed E-state index contributed by atoms with van der Waals surface area (Å²) in [6.07, 6.45) is 2.72. The third-order valence-corrected chi connectivity index (χ3v) is 3.97. The van der Waals surface area contributed by atoms with Gasteiger partial charge in [0.25, 0.3) is 0 Å². The van der Waals surface area contributed by atoms with Crippen molar-refractivity contribution in [3.63, 3.8) is 0 Å². The first kappa shape index (κ1) is 12.4. The standard InChI is InChI=1S/C12H20N4S/c1-8-11(17-9(2)16-8)7-15-12(13-3)14-6-10-4-5-10/h10H,4-7H2,1-3H3,(H2,13,14,15). The van der Waals surface area contributed by atoms with Gasteiger partial charge in [0.15, 0.2) is 5.96 Å². The molecule has 5 heteroatoms. The molecule has 4 nitrogen and oxygen atoms in total. The van der Waals surface area contributed by atoms with Gasteiger partial charge < -0.3 is 10.6 Å². The number of rotatable bonds is 4. The van der Waals surface area contributed by atoms with E-state index in [1.54, 1.807) is 11.3 Å². The molecule has 94 valence electrons. The molecule has 1 aliphatic rings. The van der Waals surface area contributed by atoms with Crippen molar-refractivity contribution in [3.8, 4) is 0 Å². The lowest BCUT2D eigenvalue weighted by molar-refractivity contribution is 0.738. The fourth-order valence-corrected chi connectivity index (χ4v) is 2.56. The van der Waals surface area contributed by atoms with Gasteiger partial charge in [0.1, 0.15) is 0 Å². The first-order valence-corrected chi connectivity index (χ1v) is 6.88. The first-order chi connectivity index (χ1) is 8.19. The second kappa shape index (κ2) is 5.49. The highest BCUT2D eigenvalue weighted by Gasteiger charge is 2.21. The zero-order chi connectivity index (χ0) is 12.3. The van der Waals surface area contributed by atoms with Gasteiger partial charge in [-0.3, -0.25) is 4.99 Å². The number of hydrogen-bond donors (Lipinski definition) is 2. The number of thiazole rings is 1. The van der Waals surface area contributed by atoms with Gasteiger partial charge in [-0.2, -0.15) is 0 Å². The van der Waals surface area contributed by atoms with Crippen LogP contribution in [-0.2, 0) is 6.54 Å². The van der Waals surface area contributed by atoms with E-state index in [2.05, 4.69) is 27.5 Å². The first-order valence-electron chi connectivity index (χ1n) is 6.06. The van der Waals surface area contributed by atoms with Crippen LogP contribution in [0.15, 0.2) is 4.99 Å². The van der Waals surface area contributed by atoms with Crippen LogP contribution in [0, 0.1) is 19.8 Å². The summed E-state index contributed by atoms with van der Waals surface area (Å²) in [6, 6.07) is 0. The fraction of sp³-hybridized carbons (Fsp3) is 0.667. The van der Waals surface area contributed by atoms with Gasteiger partial charge >= 0.3 is 0 Å². The van der Waals surface area contributed by atoms with E-state index < -0.39 is 0 Å². The lowest BCUT2D eigenvalue weighted by Crippen LogP contribution is -2.37. The molecule has 1 fully saturated rings. The van der Waals surface area contributed by atoms with Crippen LogP contribution < -0.4 is 10.6 Å². The van der Waals surface area contributed by atoms with Crippen LogP contribution in [-0.4, -0.2) is 24.5 Å². The Bertz CT molecular complexity index is 407. The highest BCUT2D eigenvalue weighted by Crippen LogP contribution is 2.27. The number of nitrogens with zero attached hydrogens (tertiary/aromatic N) is 2. The number of nitrogens with one attached hydrogen (secondary N) is 2. The Morgan fingerprint density at radius 3 is 2.71 bits per heavy atom. The normalized spacial score (nSPS) is 16.1. The van der Waals surface area contributed by atoms with E-state index in [0.717, 1.165) is 35.7 Å². The average molecular weight is 252 g/mol. The summed E-state index contributed by atoms with van der Waals surface area (Å²) >= 11 is 1.75. The van der Waals surface area contributed by atoms with Crippen LogP contribution in [0.25, 0.3) is 0 Å². The smallest absolute Gasteiger partial charge is 0.191 e. The number of aliphatic imine (C=N–C) groups is 1. The highest BCUT2D eigenvalue weighted by molar-refractivity contribution is 7.11. The van der Waals surface area contributed by atoms with Crippen LogP contribution in [0.3, 0.4) is 0 Å². The summed E-state index contributed by atoms with van der Waals surface area (Å²) in [5.41, 5.74) is 1.12. The zero-order valence-electron chi connectivity index (χ0n) is 10.7. The van der Waals surface area contributed by atoms with Crippen molar-refractivity contribution in [1.29, 1.82) is 0 Å². The molecular weight excluding hydrogens is 232 g/mol. The average Bonchev–Trinajstić information content (AvgIpc) is 3.06. The maximum Gasteiger partial charge on any atom is 0.191 e. The second-order valence-corrected chi connectivity index (χ2v) is 5.78. The summed E-state index contributed by atoms with van der Waals surface area (Å²) in [4.78, 5) is 9.92. The number of guanidine groups is 1. The molecule has 1 aromatic rings. The van der Waals surface area contributed by atoms with Crippen molar-refractivity contribution in [2.75, 3.05) is 13.6 Å². The molecule has 0 radical (unpaired) electrons. The maximum atomic E-state index is 4.42. The van der Waals surface area contributed by atoms with Crippen LogP contribution in [0.2, 0.25) is 0 Å². The van der Waals surface area contributed by atoms with Gasteiger partial charge in [-0.15, -0.1) is 11.3 Å². The monoisotopic (exact) mass is 252 g/mol. The van der Waals surface area contributed by atoms with Gasteiger partial charge in [-0.05, 0) is 32.6 Å². The van der Waals surface area contributed by atoms with Gasteiger partial charge in [-0.25, -0.2) is 4.98 Å². The number of aromatic nitrogens is 1. The molecular formula is C12H20N4S. The Morgan fingerprint density at radius 1 is 1.41 bits per heavy atom.